The van der Waals surface area contributed by atoms with E-state index in [-0.39, 0.29) is 37.4 Å². The number of nitrogens with one attached hydrogen (secondary N) is 2. The molecule has 0 aliphatic carbocycles. The van der Waals surface area contributed by atoms with Gasteiger partial charge < -0.3 is 35.5 Å². The molecule has 0 saturated carbocycles. The number of nitrogens with two attached hydrogens (primary N) is 1. The van der Waals surface area contributed by atoms with Crippen LogP contribution in [0, 0.1) is 5.41 Å². The fourth-order valence-electron chi connectivity index (χ4n) is 5.16. The van der Waals surface area contributed by atoms with Gasteiger partial charge in [-0.05, 0) is 51.2 Å². The van der Waals surface area contributed by atoms with E-state index in [9.17, 15) is 28.3 Å². The zero-order valence-corrected chi connectivity index (χ0v) is 27.8. The van der Waals surface area contributed by atoms with Crippen LogP contribution in [0.4, 0.5) is 4.79 Å². The number of amides is 3. The lowest BCUT2D eigenvalue weighted by atomic mass is 9.83. The first-order chi connectivity index (χ1) is 21.6. The molecular formula is C33H46N4O8S. The number of carbonyl (C=O) groups excluding carboxylic acids is 3. The highest BCUT2D eigenvalue weighted by atomic mass is 32.2. The van der Waals surface area contributed by atoms with Crippen LogP contribution in [0.3, 0.4) is 0 Å². The van der Waals surface area contributed by atoms with Crippen molar-refractivity contribution >= 4 is 29.0 Å². The minimum atomic E-state index is -2.46. The molecule has 0 saturated heterocycles. The number of nitrogens with zero attached hydrogens (tertiary/aromatic N) is 1. The number of alkyl carbamates (subject to hydrolysis) is 1. The fraction of sp³-hybridized carbons (Fsp3) is 0.485. The third kappa shape index (κ3) is 10.9. The lowest BCUT2D eigenvalue weighted by Crippen LogP contribution is -2.58. The molecular weight excluding hydrogens is 612 g/mol. The van der Waals surface area contributed by atoms with Crippen molar-refractivity contribution in [3.8, 4) is 0 Å². The summed E-state index contributed by atoms with van der Waals surface area (Å²) in [5.74, 6) is -1.10. The second kappa shape index (κ2) is 16.2. The number of carbonyl (C=O) groups is 3. The van der Waals surface area contributed by atoms with Crippen molar-refractivity contribution in [2.45, 2.75) is 83.7 Å². The smallest absolute Gasteiger partial charge is 0.407 e. The highest BCUT2D eigenvalue weighted by molar-refractivity contribution is 7.83. The van der Waals surface area contributed by atoms with Gasteiger partial charge in [0, 0.05) is 5.41 Å². The summed E-state index contributed by atoms with van der Waals surface area (Å²) in [6, 6.07) is 15.6. The molecule has 3 rings (SSSR count). The van der Waals surface area contributed by atoms with E-state index in [4.69, 9.17) is 15.2 Å². The topological polar surface area (TPSA) is 181 Å². The Kier molecular flexibility index (Phi) is 12.9. The first-order valence-corrected chi connectivity index (χ1v) is 16.2. The van der Waals surface area contributed by atoms with Crippen LogP contribution in [0.2, 0.25) is 0 Å². The van der Waals surface area contributed by atoms with Gasteiger partial charge in [0.05, 0.1) is 30.8 Å². The summed E-state index contributed by atoms with van der Waals surface area (Å²) in [7, 11) is 0. The van der Waals surface area contributed by atoms with Crippen molar-refractivity contribution < 1.29 is 37.7 Å². The minimum Gasteiger partial charge on any atom is -0.496 e. The van der Waals surface area contributed by atoms with E-state index in [1.54, 1.807) is 34.6 Å². The van der Waals surface area contributed by atoms with Crippen LogP contribution in [0.25, 0.3) is 0 Å². The summed E-state index contributed by atoms with van der Waals surface area (Å²) in [5.41, 5.74) is 6.06. The quantitative estimate of drug-likeness (QED) is 0.202. The zero-order valence-electron chi connectivity index (χ0n) is 27.0. The van der Waals surface area contributed by atoms with Crippen molar-refractivity contribution in [1.29, 1.82) is 0 Å². The fourth-order valence-corrected chi connectivity index (χ4v) is 5.67. The predicted molar refractivity (Wildman–Crippen MR) is 174 cm³/mol. The van der Waals surface area contributed by atoms with Gasteiger partial charge in [0.25, 0.3) is 0 Å². The van der Waals surface area contributed by atoms with Crippen LogP contribution < -0.4 is 16.4 Å². The average molecular weight is 659 g/mol. The highest BCUT2D eigenvalue weighted by Gasteiger charge is 2.40. The molecule has 0 fully saturated rings. The Bertz CT molecular complexity index is 1380. The molecule has 12 nitrogen and oxygen atoms in total. The van der Waals surface area contributed by atoms with Crippen LogP contribution in [0.5, 0.6) is 0 Å². The van der Waals surface area contributed by atoms with E-state index in [1.807, 2.05) is 60.7 Å². The SMILES string of the molecule is CC(C)(C)OC(=O)NC(Cc1ccccc1)C(O)C(Cc1ccccc1)NC(=O)[C@@H](N)CC(C)(C)C(=O)N1CCOC=C1S(=O)O. The van der Waals surface area contributed by atoms with Gasteiger partial charge in [0.1, 0.15) is 18.5 Å². The van der Waals surface area contributed by atoms with E-state index in [2.05, 4.69) is 10.6 Å². The molecule has 252 valence electrons. The third-order valence-corrected chi connectivity index (χ3v) is 8.08. The molecule has 4 unspecified atom stereocenters. The summed E-state index contributed by atoms with van der Waals surface area (Å²) in [6.45, 7) is 8.64. The van der Waals surface area contributed by atoms with Gasteiger partial charge in [-0.25, -0.2) is 9.00 Å². The number of hydrogen-bond donors (Lipinski definition) is 5. The van der Waals surface area contributed by atoms with Crippen molar-refractivity contribution in [3.05, 3.63) is 83.1 Å². The van der Waals surface area contributed by atoms with Gasteiger partial charge in [-0.1, -0.05) is 74.5 Å². The van der Waals surface area contributed by atoms with Crippen molar-refractivity contribution in [2.24, 2.45) is 11.1 Å². The monoisotopic (exact) mass is 658 g/mol. The Morgan fingerprint density at radius 1 is 0.957 bits per heavy atom. The summed E-state index contributed by atoms with van der Waals surface area (Å²) in [4.78, 5) is 41.0. The predicted octanol–water partition coefficient (Wildman–Crippen LogP) is 2.83. The van der Waals surface area contributed by atoms with Gasteiger partial charge in [0.2, 0.25) is 22.9 Å². The molecule has 1 aliphatic rings. The van der Waals surface area contributed by atoms with Crippen molar-refractivity contribution in [2.75, 3.05) is 13.2 Å². The maximum absolute atomic E-state index is 13.6. The Hall–Kier alpha value is -3.78. The van der Waals surface area contributed by atoms with Crippen LogP contribution in [0.1, 0.15) is 52.2 Å². The Morgan fingerprint density at radius 3 is 1.98 bits per heavy atom. The first-order valence-electron chi connectivity index (χ1n) is 15.1. The van der Waals surface area contributed by atoms with Crippen molar-refractivity contribution in [1.82, 2.24) is 15.5 Å². The van der Waals surface area contributed by atoms with Gasteiger partial charge in [-0.15, -0.1) is 0 Å². The number of hydrogen-bond acceptors (Lipinski definition) is 8. The molecule has 0 radical (unpaired) electrons. The Labute approximate surface area is 273 Å². The zero-order chi connectivity index (χ0) is 34.1. The largest absolute Gasteiger partial charge is 0.496 e. The number of benzene rings is 2. The van der Waals surface area contributed by atoms with Crippen LogP contribution in [-0.4, -0.2) is 79.7 Å². The number of rotatable bonds is 13. The molecule has 46 heavy (non-hydrogen) atoms. The molecule has 2 aromatic carbocycles. The Morgan fingerprint density at radius 2 is 1.48 bits per heavy atom. The van der Waals surface area contributed by atoms with Crippen LogP contribution >= 0.6 is 0 Å². The highest BCUT2D eigenvalue weighted by Crippen LogP contribution is 2.29. The number of aliphatic hydroxyl groups excluding tert-OH is 1. The molecule has 1 aliphatic heterocycles. The first kappa shape index (κ1) is 36.7. The second-order valence-corrected chi connectivity index (χ2v) is 13.9. The summed E-state index contributed by atoms with van der Waals surface area (Å²) in [5, 5.41) is 17.3. The van der Waals surface area contributed by atoms with Crippen LogP contribution in [-0.2, 0) is 43.0 Å². The second-order valence-electron chi connectivity index (χ2n) is 13.0. The lowest BCUT2D eigenvalue weighted by Gasteiger charge is -2.35. The van der Waals surface area contributed by atoms with Gasteiger partial charge >= 0.3 is 6.09 Å². The van der Waals surface area contributed by atoms with E-state index >= 15 is 0 Å². The molecule has 3 amide bonds. The van der Waals surface area contributed by atoms with Crippen LogP contribution in [0.15, 0.2) is 72.0 Å². The van der Waals surface area contributed by atoms with E-state index in [0.717, 1.165) is 17.4 Å². The number of ether oxygens (including phenoxy) is 2. The molecule has 2 aromatic rings. The summed E-state index contributed by atoms with van der Waals surface area (Å²) >= 11 is -2.46. The summed E-state index contributed by atoms with van der Waals surface area (Å²) < 4.78 is 32.0. The average Bonchev–Trinajstić information content (AvgIpc) is 2.99. The number of aliphatic hydroxyl groups is 1. The molecule has 0 aromatic heterocycles. The Balaban J connectivity index is 1.83. The maximum atomic E-state index is 13.6. The molecule has 0 bridgehead atoms. The molecule has 0 spiro atoms. The minimum absolute atomic E-state index is 0.0701. The van der Waals surface area contributed by atoms with Gasteiger partial charge in [-0.2, -0.15) is 0 Å². The lowest BCUT2D eigenvalue weighted by molar-refractivity contribution is -0.140. The molecule has 13 heteroatoms. The standard InChI is InChI=1S/C33H46N4O8S/c1-32(2,3)45-31(41)36-26(19-23-14-10-7-11-15-23)28(38)25(18-22-12-8-6-9-13-22)35-29(39)24(34)20-33(4,5)30(40)37-16-17-44-21-27(37)46(42)43/h6-15,21,24-26,28,38H,16-20,34H2,1-5H3,(H,35,39)(H,36,41)(H,42,43)/t24-,25?,26?,28?/m0/s1. The normalized spacial score (nSPS) is 17.0. The van der Waals surface area contributed by atoms with Crippen molar-refractivity contribution in [3.63, 3.8) is 0 Å². The van der Waals surface area contributed by atoms with E-state index in [1.165, 1.54) is 4.90 Å². The maximum Gasteiger partial charge on any atom is 0.407 e. The van der Waals surface area contributed by atoms with Gasteiger partial charge in [0.15, 0.2) is 5.03 Å². The third-order valence-electron chi connectivity index (χ3n) is 7.40. The summed E-state index contributed by atoms with van der Waals surface area (Å²) in [6.07, 6.45) is -0.550. The molecule has 5 atom stereocenters. The molecule has 1 heterocycles. The molecule has 6 N–H and O–H groups in total. The van der Waals surface area contributed by atoms with E-state index < -0.39 is 64.2 Å². The van der Waals surface area contributed by atoms with E-state index in [0.29, 0.717) is 0 Å². The van der Waals surface area contributed by atoms with Gasteiger partial charge in [-0.3, -0.25) is 14.5 Å².